The molecule has 1 N–H and O–H groups in total. The van der Waals surface area contributed by atoms with E-state index in [1.165, 1.54) is 34.6 Å². The zero-order chi connectivity index (χ0) is 26.9. The van der Waals surface area contributed by atoms with Crippen molar-refractivity contribution in [2.24, 2.45) is 5.92 Å². The van der Waals surface area contributed by atoms with Gasteiger partial charge in [0.15, 0.2) is 5.13 Å². The summed E-state index contributed by atoms with van der Waals surface area (Å²) in [7, 11) is 0. The Bertz CT molecular complexity index is 1330. The molecule has 6 rings (SSSR count). The number of morpholine rings is 1. The number of piperidine rings is 1. The normalized spacial score (nSPS) is 23.2. The standard InChI is InChI=1S/C30H34FN3O4S/c1-19-12-20(16-33-8-10-37-11-9-33)2-3-21(19)17-38-28-7-4-23(31)15-26(28)27-18-39-30(32-27)34-24-5-6-25(34)14-22(13-24)29(35)36/h2-4,7,12,15,18,22,24-25H,5-6,8-11,13-14,16-17H2,1H3,(H,35,36). The van der Waals surface area contributed by atoms with Crippen molar-refractivity contribution in [3.05, 3.63) is 64.3 Å². The van der Waals surface area contributed by atoms with Crippen LogP contribution >= 0.6 is 11.3 Å². The van der Waals surface area contributed by atoms with Gasteiger partial charge in [-0.05, 0) is 67.5 Å². The maximum absolute atomic E-state index is 14.4. The number of ether oxygens (including phenoxy) is 2. The van der Waals surface area contributed by atoms with Gasteiger partial charge >= 0.3 is 5.97 Å². The van der Waals surface area contributed by atoms with Gasteiger partial charge in [0.1, 0.15) is 18.2 Å². The molecule has 0 saturated carbocycles. The van der Waals surface area contributed by atoms with Crippen LogP contribution in [0, 0.1) is 18.7 Å². The van der Waals surface area contributed by atoms with E-state index in [-0.39, 0.29) is 23.8 Å². The van der Waals surface area contributed by atoms with Crippen molar-refractivity contribution < 1.29 is 23.8 Å². The second kappa shape index (κ2) is 11.2. The van der Waals surface area contributed by atoms with Crippen LogP contribution in [-0.2, 0) is 22.7 Å². The van der Waals surface area contributed by atoms with Crippen molar-refractivity contribution in [2.45, 2.75) is 57.8 Å². The van der Waals surface area contributed by atoms with E-state index in [1.54, 1.807) is 6.07 Å². The van der Waals surface area contributed by atoms with Crippen molar-refractivity contribution in [1.82, 2.24) is 9.88 Å². The van der Waals surface area contributed by atoms with Gasteiger partial charge in [-0.25, -0.2) is 9.37 Å². The van der Waals surface area contributed by atoms with Gasteiger partial charge in [-0.15, -0.1) is 11.3 Å². The van der Waals surface area contributed by atoms with Gasteiger partial charge in [0.05, 0.1) is 24.8 Å². The third-order valence-corrected chi connectivity index (χ3v) is 9.17. The fourth-order valence-electron chi connectivity index (χ4n) is 6.22. The number of thiazole rings is 1. The smallest absolute Gasteiger partial charge is 0.306 e. The third kappa shape index (κ3) is 5.66. The number of rotatable bonds is 8. The molecule has 1 aromatic heterocycles. The first-order valence-corrected chi connectivity index (χ1v) is 14.6. The number of carboxylic acids is 1. The monoisotopic (exact) mass is 551 g/mol. The maximum atomic E-state index is 14.4. The molecule has 2 aromatic carbocycles. The van der Waals surface area contributed by atoms with Crippen molar-refractivity contribution >= 4 is 22.4 Å². The van der Waals surface area contributed by atoms with Crippen LogP contribution in [0.5, 0.6) is 5.75 Å². The summed E-state index contributed by atoms with van der Waals surface area (Å²) in [5.41, 5.74) is 4.85. The number of halogens is 1. The van der Waals surface area contributed by atoms with E-state index >= 15 is 0 Å². The SMILES string of the molecule is Cc1cc(CN2CCOCC2)ccc1COc1ccc(F)cc1-c1csc(N2C3CCC2CC(C(=O)O)C3)n1. The zero-order valence-electron chi connectivity index (χ0n) is 22.1. The van der Waals surface area contributed by atoms with Crippen LogP contribution in [0.15, 0.2) is 41.8 Å². The summed E-state index contributed by atoms with van der Waals surface area (Å²) in [4.78, 5) is 21.2. The number of aromatic nitrogens is 1. The van der Waals surface area contributed by atoms with Crippen LogP contribution in [0.4, 0.5) is 9.52 Å². The topological polar surface area (TPSA) is 75.1 Å². The summed E-state index contributed by atoms with van der Waals surface area (Å²) in [6.45, 7) is 6.88. The minimum Gasteiger partial charge on any atom is -0.488 e. The van der Waals surface area contributed by atoms with E-state index in [9.17, 15) is 14.3 Å². The summed E-state index contributed by atoms with van der Waals surface area (Å²) in [6, 6.07) is 11.5. The van der Waals surface area contributed by atoms with Gasteiger partial charge in [-0.1, -0.05) is 18.2 Å². The number of fused-ring (bicyclic) bond motifs is 2. The second-order valence-electron chi connectivity index (χ2n) is 10.9. The molecular weight excluding hydrogens is 517 g/mol. The molecule has 3 aliphatic heterocycles. The quantitative estimate of drug-likeness (QED) is 0.396. The Kier molecular flexibility index (Phi) is 7.55. The number of anilines is 1. The Balaban J connectivity index is 1.16. The average Bonchev–Trinajstić information content (AvgIpc) is 3.50. The maximum Gasteiger partial charge on any atom is 0.306 e. The second-order valence-corrected chi connectivity index (χ2v) is 11.7. The van der Waals surface area contributed by atoms with Crippen LogP contribution in [0.25, 0.3) is 11.3 Å². The molecule has 0 spiro atoms. The number of carbonyl (C=O) groups is 1. The molecule has 7 nitrogen and oxygen atoms in total. The van der Waals surface area contributed by atoms with E-state index < -0.39 is 5.97 Å². The first-order valence-electron chi connectivity index (χ1n) is 13.7. The molecule has 0 aliphatic carbocycles. The minimum atomic E-state index is -0.699. The lowest BCUT2D eigenvalue weighted by Crippen LogP contribution is -2.44. The molecule has 206 valence electrons. The fraction of sp³-hybridized carbons (Fsp3) is 0.467. The molecule has 2 bridgehead atoms. The number of aliphatic carboxylic acids is 1. The molecule has 2 unspecified atom stereocenters. The summed E-state index contributed by atoms with van der Waals surface area (Å²) < 4.78 is 26.1. The van der Waals surface area contributed by atoms with E-state index in [4.69, 9.17) is 14.5 Å². The Morgan fingerprint density at radius 2 is 1.92 bits per heavy atom. The first-order chi connectivity index (χ1) is 18.9. The van der Waals surface area contributed by atoms with Crippen LogP contribution in [0.2, 0.25) is 0 Å². The largest absolute Gasteiger partial charge is 0.488 e. The highest BCUT2D eigenvalue weighted by Crippen LogP contribution is 2.44. The van der Waals surface area contributed by atoms with Gasteiger partial charge in [-0.3, -0.25) is 9.69 Å². The number of carboxylic acid groups (broad SMARTS) is 1. The third-order valence-electron chi connectivity index (χ3n) is 8.31. The molecule has 0 radical (unpaired) electrons. The summed E-state index contributed by atoms with van der Waals surface area (Å²) in [5.74, 6) is -0.719. The lowest BCUT2D eigenvalue weighted by Gasteiger charge is -2.37. The summed E-state index contributed by atoms with van der Waals surface area (Å²) in [6.07, 6.45) is 3.28. The van der Waals surface area contributed by atoms with Crippen LogP contribution in [-0.4, -0.2) is 59.3 Å². The van der Waals surface area contributed by atoms with Crippen molar-refractivity contribution in [2.75, 3.05) is 31.2 Å². The van der Waals surface area contributed by atoms with Crippen LogP contribution in [0.1, 0.15) is 42.4 Å². The molecule has 9 heteroatoms. The number of aryl methyl sites for hydroxylation is 1. The fourth-order valence-corrected chi connectivity index (χ4v) is 7.18. The minimum absolute atomic E-state index is 0.196. The molecule has 3 saturated heterocycles. The van der Waals surface area contributed by atoms with Crippen LogP contribution in [0.3, 0.4) is 0 Å². The van der Waals surface area contributed by atoms with Gasteiger partial charge in [0.2, 0.25) is 0 Å². The molecule has 3 fully saturated rings. The van der Waals surface area contributed by atoms with E-state index in [1.807, 2.05) is 5.38 Å². The predicted octanol–water partition coefficient (Wildman–Crippen LogP) is 5.50. The molecular formula is C30H34FN3O4S. The Morgan fingerprint density at radius 3 is 2.64 bits per heavy atom. The Hall–Kier alpha value is -3.01. The highest BCUT2D eigenvalue weighted by molar-refractivity contribution is 7.14. The van der Waals surface area contributed by atoms with E-state index in [0.717, 1.165) is 56.4 Å². The molecule has 2 atom stereocenters. The van der Waals surface area contributed by atoms with Crippen molar-refractivity contribution in [3.63, 3.8) is 0 Å². The molecule has 3 aliphatic rings. The Morgan fingerprint density at radius 1 is 1.15 bits per heavy atom. The van der Waals surface area contributed by atoms with Gasteiger partial charge in [-0.2, -0.15) is 0 Å². The highest BCUT2D eigenvalue weighted by atomic mass is 32.1. The molecule has 0 amide bonds. The van der Waals surface area contributed by atoms with E-state index in [2.05, 4.69) is 34.9 Å². The summed E-state index contributed by atoms with van der Waals surface area (Å²) >= 11 is 1.53. The number of benzene rings is 2. The van der Waals surface area contributed by atoms with Gasteiger partial charge in [0, 0.05) is 42.7 Å². The highest BCUT2D eigenvalue weighted by Gasteiger charge is 2.44. The molecule has 4 heterocycles. The number of nitrogens with zero attached hydrogens (tertiary/aromatic N) is 3. The lowest BCUT2D eigenvalue weighted by molar-refractivity contribution is -0.142. The molecule has 39 heavy (non-hydrogen) atoms. The predicted molar refractivity (Wildman–Crippen MR) is 149 cm³/mol. The van der Waals surface area contributed by atoms with Crippen molar-refractivity contribution in [3.8, 4) is 17.0 Å². The van der Waals surface area contributed by atoms with Crippen molar-refractivity contribution in [1.29, 1.82) is 0 Å². The number of hydrogen-bond acceptors (Lipinski definition) is 7. The Labute approximate surface area is 232 Å². The molecule has 3 aromatic rings. The first kappa shape index (κ1) is 26.2. The van der Waals surface area contributed by atoms with Gasteiger partial charge in [0.25, 0.3) is 0 Å². The van der Waals surface area contributed by atoms with E-state index in [0.29, 0.717) is 36.5 Å². The number of hydrogen-bond donors (Lipinski definition) is 1. The summed E-state index contributed by atoms with van der Waals surface area (Å²) in [5, 5.41) is 12.3. The zero-order valence-corrected chi connectivity index (χ0v) is 23.0. The van der Waals surface area contributed by atoms with Gasteiger partial charge < -0.3 is 19.5 Å². The lowest BCUT2D eigenvalue weighted by atomic mass is 9.91. The van der Waals surface area contributed by atoms with Crippen LogP contribution < -0.4 is 9.64 Å². The average molecular weight is 552 g/mol.